The zero-order valence-electron chi connectivity index (χ0n) is 18.8. The van der Waals surface area contributed by atoms with E-state index in [4.69, 9.17) is 0 Å². The highest BCUT2D eigenvalue weighted by atomic mass is 16.3. The summed E-state index contributed by atoms with van der Waals surface area (Å²) < 4.78 is 0. The molecule has 2 aromatic heterocycles. The van der Waals surface area contributed by atoms with Crippen LogP contribution in [-0.4, -0.2) is 33.9 Å². The summed E-state index contributed by atoms with van der Waals surface area (Å²) in [6, 6.07) is 14.3. The molecule has 1 amide bonds. The molecule has 0 atom stereocenters. The zero-order valence-corrected chi connectivity index (χ0v) is 18.8. The van der Waals surface area contributed by atoms with Gasteiger partial charge >= 0.3 is 0 Å². The van der Waals surface area contributed by atoms with Gasteiger partial charge in [0.15, 0.2) is 0 Å². The van der Waals surface area contributed by atoms with Gasteiger partial charge in [0.1, 0.15) is 5.69 Å². The van der Waals surface area contributed by atoms with Crippen molar-refractivity contribution >= 4 is 27.7 Å². The van der Waals surface area contributed by atoms with Crippen LogP contribution in [0.1, 0.15) is 35.5 Å². The van der Waals surface area contributed by atoms with E-state index >= 15 is 0 Å². The van der Waals surface area contributed by atoms with Gasteiger partial charge in [-0.05, 0) is 60.7 Å². The maximum atomic E-state index is 13.1. The molecule has 0 fully saturated rings. The molecular weight excluding hydrogens is 414 g/mol. The number of rotatable bonds is 7. The Labute approximate surface area is 192 Å². The number of nitrogens with zero attached hydrogens (tertiary/aromatic N) is 3. The van der Waals surface area contributed by atoms with Crippen molar-refractivity contribution in [1.82, 2.24) is 14.9 Å². The Bertz CT molecular complexity index is 1360. The van der Waals surface area contributed by atoms with Gasteiger partial charge in [-0.1, -0.05) is 60.0 Å². The molecule has 33 heavy (non-hydrogen) atoms. The second kappa shape index (κ2) is 9.28. The largest absolute Gasteiger partial charge is 0.871 e. The highest BCUT2D eigenvalue weighted by molar-refractivity contribution is 5.96. The van der Waals surface area contributed by atoms with E-state index in [2.05, 4.69) is 16.5 Å². The topological polar surface area (TPSA) is 92.2 Å². The number of carbonyl (C=O) groups is 1. The lowest BCUT2D eigenvalue weighted by atomic mass is 9.96. The van der Waals surface area contributed by atoms with Crippen molar-refractivity contribution in [3.63, 3.8) is 0 Å². The molecule has 6 heteroatoms. The van der Waals surface area contributed by atoms with Gasteiger partial charge in [-0.15, -0.1) is 0 Å². The third-order valence-electron chi connectivity index (χ3n) is 5.86. The number of carbonyl (C=O) groups excluding carboxylic acids is 1. The van der Waals surface area contributed by atoms with Crippen LogP contribution in [0.15, 0.2) is 66.9 Å². The Morgan fingerprint density at radius 2 is 1.45 bits per heavy atom. The molecule has 0 saturated carbocycles. The van der Waals surface area contributed by atoms with Gasteiger partial charge in [0.2, 0.25) is 0 Å². The highest BCUT2D eigenvalue weighted by Crippen LogP contribution is 2.30. The molecule has 0 N–H and O–H groups in total. The minimum Gasteiger partial charge on any atom is -0.871 e. The fourth-order valence-corrected chi connectivity index (χ4v) is 4.04. The molecule has 2 aromatic carbocycles. The van der Waals surface area contributed by atoms with Crippen molar-refractivity contribution in [2.75, 3.05) is 13.1 Å². The number of pyridine rings is 2. The normalized spacial score (nSPS) is 11.1. The van der Waals surface area contributed by atoms with Gasteiger partial charge in [0.05, 0.1) is 11.0 Å². The van der Waals surface area contributed by atoms with Gasteiger partial charge in [-0.2, -0.15) is 0 Å². The lowest BCUT2D eigenvalue weighted by molar-refractivity contribution is -0.267. The summed E-state index contributed by atoms with van der Waals surface area (Å²) in [7, 11) is 0. The average molecular weight is 440 g/mol. The van der Waals surface area contributed by atoms with Crippen LogP contribution >= 0.6 is 0 Å². The molecule has 0 radical (unpaired) electrons. The van der Waals surface area contributed by atoms with E-state index < -0.39 is 0 Å². The van der Waals surface area contributed by atoms with E-state index in [1.54, 1.807) is 41.4 Å². The van der Waals surface area contributed by atoms with E-state index in [-0.39, 0.29) is 28.6 Å². The molecule has 0 aliphatic rings. The maximum Gasteiger partial charge on any atom is 0.272 e. The molecule has 0 aliphatic carbocycles. The minimum absolute atomic E-state index is 0.115. The number of hydrogen-bond donors (Lipinski definition) is 0. The Morgan fingerprint density at radius 1 is 0.879 bits per heavy atom. The van der Waals surface area contributed by atoms with Gasteiger partial charge in [-0.25, -0.2) is 4.98 Å². The standard InChI is InChI=1S/C27H27N3O3/c1-4-30(5-2)27(33)22-13-12-19-9-11-21(26(32)24(19)29-22)16-17(3)15-20-10-8-18-7-6-14-28-23(18)25(20)31/h6-14,31-32H,3-5,15-16H2,1-2H3/p-2. The molecule has 0 spiro atoms. The SMILES string of the molecule is C=C(Cc1ccc2cccnc2c1[O-])Cc1ccc2ccc(C(=O)N(CC)CC)nc2c1[O-]. The van der Waals surface area contributed by atoms with Crippen LogP contribution in [0.3, 0.4) is 0 Å². The van der Waals surface area contributed by atoms with Crippen LogP contribution in [0, 0.1) is 0 Å². The molecule has 168 valence electrons. The monoisotopic (exact) mass is 439 g/mol. The summed E-state index contributed by atoms with van der Waals surface area (Å²) in [5.74, 6) is -0.522. The fourth-order valence-electron chi connectivity index (χ4n) is 4.04. The maximum absolute atomic E-state index is 13.1. The summed E-state index contributed by atoms with van der Waals surface area (Å²) in [5, 5.41) is 27.4. The third-order valence-corrected chi connectivity index (χ3v) is 5.86. The van der Waals surface area contributed by atoms with Crippen molar-refractivity contribution in [3.8, 4) is 11.5 Å². The Kier molecular flexibility index (Phi) is 6.27. The molecule has 4 aromatic rings. The molecule has 0 saturated heterocycles. The predicted octanol–water partition coefficient (Wildman–Crippen LogP) is 3.75. The Balaban J connectivity index is 1.59. The molecule has 4 rings (SSSR count). The summed E-state index contributed by atoms with van der Waals surface area (Å²) in [5.41, 5.74) is 2.86. The van der Waals surface area contributed by atoms with Crippen LogP contribution < -0.4 is 10.2 Å². The van der Waals surface area contributed by atoms with Crippen LogP contribution in [0.4, 0.5) is 0 Å². The van der Waals surface area contributed by atoms with Crippen LogP contribution in [0.2, 0.25) is 0 Å². The third kappa shape index (κ3) is 4.37. The average Bonchev–Trinajstić information content (AvgIpc) is 2.83. The molecule has 0 aliphatic heterocycles. The number of allylic oxidation sites excluding steroid dienone is 1. The first kappa shape index (κ1) is 22.3. The van der Waals surface area contributed by atoms with Crippen molar-refractivity contribution in [3.05, 3.63) is 83.7 Å². The first-order valence-electron chi connectivity index (χ1n) is 11.0. The van der Waals surface area contributed by atoms with Crippen LogP contribution in [0.5, 0.6) is 11.5 Å². The highest BCUT2D eigenvalue weighted by Gasteiger charge is 2.15. The lowest BCUT2D eigenvalue weighted by Gasteiger charge is -2.21. The summed E-state index contributed by atoms with van der Waals surface area (Å²) in [6.45, 7) is 9.06. The predicted molar refractivity (Wildman–Crippen MR) is 126 cm³/mol. The van der Waals surface area contributed by atoms with E-state index in [1.165, 1.54) is 0 Å². The molecule has 0 unspecified atom stereocenters. The first-order valence-corrected chi connectivity index (χ1v) is 11.0. The quantitative estimate of drug-likeness (QED) is 0.409. The number of hydrogen-bond acceptors (Lipinski definition) is 5. The van der Waals surface area contributed by atoms with Crippen LogP contribution in [-0.2, 0) is 12.8 Å². The smallest absolute Gasteiger partial charge is 0.272 e. The summed E-state index contributed by atoms with van der Waals surface area (Å²) in [6.07, 6.45) is 2.29. The van der Waals surface area contributed by atoms with E-state index in [9.17, 15) is 15.0 Å². The van der Waals surface area contributed by atoms with Crippen molar-refractivity contribution in [2.45, 2.75) is 26.7 Å². The van der Waals surface area contributed by atoms with Crippen molar-refractivity contribution < 1.29 is 15.0 Å². The first-order chi connectivity index (χ1) is 15.9. The lowest BCUT2D eigenvalue weighted by Crippen LogP contribution is -2.31. The number of fused-ring (bicyclic) bond motifs is 2. The van der Waals surface area contributed by atoms with E-state index in [0.717, 1.165) is 11.0 Å². The zero-order chi connectivity index (χ0) is 23.5. The Morgan fingerprint density at radius 3 is 2.09 bits per heavy atom. The number of aromatic nitrogens is 2. The molecular formula is C27H25N3O3-2. The molecule has 6 nitrogen and oxygen atoms in total. The van der Waals surface area contributed by atoms with Gasteiger partial charge in [0.25, 0.3) is 5.91 Å². The van der Waals surface area contributed by atoms with Crippen molar-refractivity contribution in [2.24, 2.45) is 0 Å². The summed E-state index contributed by atoms with van der Waals surface area (Å²) >= 11 is 0. The van der Waals surface area contributed by atoms with Crippen LogP contribution in [0.25, 0.3) is 21.8 Å². The second-order valence-electron chi connectivity index (χ2n) is 8.03. The fraction of sp³-hybridized carbons (Fsp3) is 0.222. The van der Waals surface area contributed by atoms with Gasteiger partial charge in [0, 0.05) is 19.3 Å². The molecule has 2 heterocycles. The second-order valence-corrected chi connectivity index (χ2v) is 8.03. The number of benzene rings is 2. The van der Waals surface area contributed by atoms with E-state index in [0.29, 0.717) is 48.0 Å². The molecule has 0 bridgehead atoms. The van der Waals surface area contributed by atoms with Gasteiger partial charge < -0.3 is 15.1 Å². The Hall–Kier alpha value is -3.93. The van der Waals surface area contributed by atoms with E-state index in [1.807, 2.05) is 32.0 Å². The number of amides is 1. The van der Waals surface area contributed by atoms with Gasteiger partial charge in [-0.3, -0.25) is 9.78 Å². The minimum atomic E-state index is -0.217. The van der Waals surface area contributed by atoms with Crippen molar-refractivity contribution in [1.29, 1.82) is 0 Å². The summed E-state index contributed by atoms with van der Waals surface area (Å²) in [4.78, 5) is 22.9.